The number of carbonyl (C=O) groups is 3. The van der Waals surface area contributed by atoms with Crippen LogP contribution in [0, 0.1) is 12.8 Å². The SMILES string of the molecule is Cc1ccccc1C(=O)N1CCC(C(=O)OCC(=O)NC(C)C)CC1. The van der Waals surface area contributed by atoms with Crippen molar-refractivity contribution >= 4 is 17.8 Å². The summed E-state index contributed by atoms with van der Waals surface area (Å²) in [6, 6.07) is 7.52. The molecule has 1 fully saturated rings. The zero-order valence-corrected chi connectivity index (χ0v) is 15.1. The van der Waals surface area contributed by atoms with E-state index in [-0.39, 0.29) is 36.4 Å². The lowest BCUT2D eigenvalue weighted by Gasteiger charge is -2.31. The maximum absolute atomic E-state index is 12.6. The summed E-state index contributed by atoms with van der Waals surface area (Å²) in [6.45, 7) is 6.40. The molecule has 0 radical (unpaired) electrons. The van der Waals surface area contributed by atoms with Crippen LogP contribution in [0.5, 0.6) is 0 Å². The van der Waals surface area contributed by atoms with Crippen LogP contribution in [-0.4, -0.2) is 48.4 Å². The number of carbonyl (C=O) groups excluding carboxylic acids is 3. The highest BCUT2D eigenvalue weighted by atomic mass is 16.5. The van der Waals surface area contributed by atoms with Crippen molar-refractivity contribution in [2.24, 2.45) is 5.92 Å². The van der Waals surface area contributed by atoms with Crippen LogP contribution in [-0.2, 0) is 14.3 Å². The lowest BCUT2D eigenvalue weighted by molar-refractivity contribution is -0.154. The molecule has 1 aromatic carbocycles. The molecule has 0 bridgehead atoms. The zero-order chi connectivity index (χ0) is 18.4. The van der Waals surface area contributed by atoms with Crippen LogP contribution in [0.3, 0.4) is 0 Å². The minimum atomic E-state index is -0.359. The summed E-state index contributed by atoms with van der Waals surface area (Å²) < 4.78 is 5.09. The molecule has 25 heavy (non-hydrogen) atoms. The number of nitrogens with zero attached hydrogens (tertiary/aromatic N) is 1. The lowest BCUT2D eigenvalue weighted by Crippen LogP contribution is -2.41. The third-order valence-corrected chi connectivity index (χ3v) is 4.29. The Bertz CT molecular complexity index is 634. The first kappa shape index (κ1) is 19.0. The molecule has 136 valence electrons. The molecule has 2 amide bonds. The Morgan fingerprint density at radius 2 is 1.84 bits per heavy atom. The van der Waals surface area contributed by atoms with Crippen molar-refractivity contribution in [1.82, 2.24) is 10.2 Å². The van der Waals surface area contributed by atoms with Crippen LogP contribution < -0.4 is 5.32 Å². The van der Waals surface area contributed by atoms with Crippen molar-refractivity contribution < 1.29 is 19.1 Å². The van der Waals surface area contributed by atoms with Gasteiger partial charge in [0.25, 0.3) is 11.8 Å². The minimum Gasteiger partial charge on any atom is -0.455 e. The number of hydrogen-bond acceptors (Lipinski definition) is 4. The fraction of sp³-hybridized carbons (Fsp3) is 0.526. The maximum atomic E-state index is 12.6. The number of ether oxygens (including phenoxy) is 1. The van der Waals surface area contributed by atoms with Gasteiger partial charge in [0, 0.05) is 24.7 Å². The van der Waals surface area contributed by atoms with Gasteiger partial charge in [-0.05, 0) is 45.2 Å². The van der Waals surface area contributed by atoms with Crippen molar-refractivity contribution in [1.29, 1.82) is 0 Å². The third-order valence-electron chi connectivity index (χ3n) is 4.29. The van der Waals surface area contributed by atoms with Gasteiger partial charge in [-0.25, -0.2) is 0 Å². The molecule has 0 saturated carbocycles. The lowest BCUT2D eigenvalue weighted by atomic mass is 9.96. The predicted octanol–water partition coefficient (Wildman–Crippen LogP) is 1.92. The van der Waals surface area contributed by atoms with Gasteiger partial charge in [0.05, 0.1) is 5.92 Å². The van der Waals surface area contributed by atoms with Crippen LogP contribution in [0.15, 0.2) is 24.3 Å². The average Bonchev–Trinajstić information content (AvgIpc) is 2.59. The number of piperidine rings is 1. The fourth-order valence-corrected chi connectivity index (χ4v) is 2.92. The van der Waals surface area contributed by atoms with Gasteiger partial charge in [-0.15, -0.1) is 0 Å². The number of esters is 1. The van der Waals surface area contributed by atoms with Crippen LogP contribution in [0.2, 0.25) is 0 Å². The van der Waals surface area contributed by atoms with Crippen LogP contribution in [0.25, 0.3) is 0 Å². The minimum absolute atomic E-state index is 0.00114. The van der Waals surface area contributed by atoms with E-state index in [4.69, 9.17) is 4.74 Å². The molecule has 1 aliphatic rings. The molecule has 0 atom stereocenters. The number of likely N-dealkylation sites (tertiary alicyclic amines) is 1. The smallest absolute Gasteiger partial charge is 0.309 e. The summed E-state index contributed by atoms with van der Waals surface area (Å²) in [4.78, 5) is 38.0. The number of benzene rings is 1. The van der Waals surface area contributed by atoms with Crippen molar-refractivity contribution in [3.05, 3.63) is 35.4 Å². The fourth-order valence-electron chi connectivity index (χ4n) is 2.92. The number of rotatable bonds is 5. The van der Waals surface area contributed by atoms with Crippen molar-refractivity contribution in [2.45, 2.75) is 39.7 Å². The van der Waals surface area contributed by atoms with E-state index in [9.17, 15) is 14.4 Å². The normalized spacial score (nSPS) is 15.1. The van der Waals surface area contributed by atoms with E-state index in [1.807, 2.05) is 45.0 Å². The first-order valence-electron chi connectivity index (χ1n) is 8.69. The molecule has 0 aromatic heterocycles. The maximum Gasteiger partial charge on any atom is 0.309 e. The zero-order valence-electron chi connectivity index (χ0n) is 15.1. The van der Waals surface area contributed by atoms with Gasteiger partial charge in [0.15, 0.2) is 6.61 Å². The van der Waals surface area contributed by atoms with Gasteiger partial charge in [-0.1, -0.05) is 18.2 Å². The van der Waals surface area contributed by atoms with Crippen molar-refractivity contribution in [2.75, 3.05) is 19.7 Å². The summed E-state index contributed by atoms with van der Waals surface area (Å²) in [6.07, 6.45) is 1.12. The molecule has 6 nitrogen and oxygen atoms in total. The van der Waals surface area contributed by atoms with Crippen molar-refractivity contribution in [3.8, 4) is 0 Å². The summed E-state index contributed by atoms with van der Waals surface area (Å²) in [5.41, 5.74) is 1.65. The first-order chi connectivity index (χ1) is 11.9. The van der Waals surface area contributed by atoms with Gasteiger partial charge in [0.1, 0.15) is 0 Å². The molecule has 0 aliphatic carbocycles. The van der Waals surface area contributed by atoms with Gasteiger partial charge >= 0.3 is 5.97 Å². The molecule has 1 heterocycles. The van der Waals surface area contributed by atoms with E-state index >= 15 is 0 Å². The van der Waals surface area contributed by atoms with E-state index in [2.05, 4.69) is 5.32 Å². The average molecular weight is 346 g/mol. The van der Waals surface area contributed by atoms with E-state index in [1.165, 1.54) is 0 Å². The molecule has 1 saturated heterocycles. The second-order valence-corrected chi connectivity index (χ2v) is 6.71. The molecule has 1 N–H and O–H groups in total. The quantitative estimate of drug-likeness (QED) is 0.827. The molecular weight excluding hydrogens is 320 g/mol. The summed E-state index contributed by atoms with van der Waals surface area (Å²) in [5, 5.41) is 2.68. The highest BCUT2D eigenvalue weighted by molar-refractivity contribution is 5.95. The second-order valence-electron chi connectivity index (χ2n) is 6.71. The monoisotopic (exact) mass is 346 g/mol. The molecule has 0 spiro atoms. The summed E-state index contributed by atoms with van der Waals surface area (Å²) in [7, 11) is 0. The van der Waals surface area contributed by atoms with Gasteiger partial charge in [-0.3, -0.25) is 14.4 Å². The molecule has 1 aromatic rings. The largest absolute Gasteiger partial charge is 0.455 e. The molecular formula is C19H26N2O4. The van der Waals surface area contributed by atoms with E-state index < -0.39 is 0 Å². The van der Waals surface area contributed by atoms with Gasteiger partial charge in [0.2, 0.25) is 0 Å². The predicted molar refractivity (Wildman–Crippen MR) is 94.0 cm³/mol. The molecule has 6 heteroatoms. The van der Waals surface area contributed by atoms with Gasteiger partial charge in [-0.2, -0.15) is 0 Å². The van der Waals surface area contributed by atoms with Crippen LogP contribution >= 0.6 is 0 Å². The second kappa shape index (κ2) is 8.65. The highest BCUT2D eigenvalue weighted by Crippen LogP contribution is 2.21. The number of nitrogens with one attached hydrogen (secondary N) is 1. The van der Waals surface area contributed by atoms with E-state index in [1.54, 1.807) is 4.90 Å². The van der Waals surface area contributed by atoms with Crippen LogP contribution in [0.1, 0.15) is 42.6 Å². The van der Waals surface area contributed by atoms with Crippen LogP contribution in [0.4, 0.5) is 0 Å². The van der Waals surface area contributed by atoms with Gasteiger partial charge < -0.3 is 15.0 Å². The Morgan fingerprint density at radius 1 is 1.20 bits per heavy atom. The Balaban J connectivity index is 1.81. The number of amides is 2. The summed E-state index contributed by atoms with van der Waals surface area (Å²) >= 11 is 0. The molecule has 1 aliphatic heterocycles. The Kier molecular flexibility index (Phi) is 6.56. The van der Waals surface area contributed by atoms with E-state index in [0.717, 1.165) is 5.56 Å². The molecule has 0 unspecified atom stereocenters. The van der Waals surface area contributed by atoms with E-state index in [0.29, 0.717) is 31.5 Å². The number of hydrogen-bond donors (Lipinski definition) is 1. The Morgan fingerprint density at radius 3 is 2.44 bits per heavy atom. The Hall–Kier alpha value is -2.37. The summed E-state index contributed by atoms with van der Waals surface area (Å²) in [5.74, 6) is -0.911. The van der Waals surface area contributed by atoms with Crippen molar-refractivity contribution in [3.63, 3.8) is 0 Å². The number of aryl methyl sites for hydroxylation is 1. The molecule has 2 rings (SSSR count). The highest BCUT2D eigenvalue weighted by Gasteiger charge is 2.29. The third kappa shape index (κ3) is 5.31. The standard InChI is InChI=1S/C19H26N2O4/c1-13(2)20-17(22)12-25-19(24)15-8-10-21(11-9-15)18(23)16-7-5-4-6-14(16)3/h4-7,13,15H,8-12H2,1-3H3,(H,20,22). The first-order valence-corrected chi connectivity index (χ1v) is 8.69. The Labute approximate surface area is 148 Å². The topological polar surface area (TPSA) is 75.7 Å².